The summed E-state index contributed by atoms with van der Waals surface area (Å²) in [5.41, 5.74) is 0.790. The van der Waals surface area contributed by atoms with Crippen molar-refractivity contribution in [2.45, 2.75) is 0 Å². The van der Waals surface area contributed by atoms with Crippen molar-refractivity contribution in [2.75, 3.05) is 7.11 Å². The van der Waals surface area contributed by atoms with Gasteiger partial charge in [-0.3, -0.25) is 5.10 Å². The molecule has 6 nitrogen and oxygen atoms in total. The molecule has 0 unspecified atom stereocenters. The summed E-state index contributed by atoms with van der Waals surface area (Å²) in [5.74, 6) is -0.00880. The molecule has 2 heterocycles. The third kappa shape index (κ3) is 1.69. The predicted octanol–water partition coefficient (Wildman–Crippen LogP) is 0.653. The minimum Gasteiger partial charge on any atom is -0.464 e. The van der Waals surface area contributed by atoms with Crippen molar-refractivity contribution < 1.29 is 9.53 Å². The van der Waals surface area contributed by atoms with E-state index >= 15 is 0 Å². The molecule has 15 heavy (non-hydrogen) atoms. The summed E-state index contributed by atoms with van der Waals surface area (Å²) in [4.78, 5) is 19.3. The van der Waals surface area contributed by atoms with Gasteiger partial charge in [0.1, 0.15) is 6.33 Å². The zero-order valence-corrected chi connectivity index (χ0v) is 7.97. The van der Waals surface area contributed by atoms with Gasteiger partial charge in [-0.25, -0.2) is 14.8 Å². The molecule has 0 atom stereocenters. The Balaban J connectivity index is 2.52. The van der Waals surface area contributed by atoms with E-state index in [4.69, 9.17) is 0 Å². The number of pyridine rings is 1. The van der Waals surface area contributed by atoms with Crippen LogP contribution in [0, 0.1) is 0 Å². The molecule has 0 amide bonds. The monoisotopic (exact) mass is 204 g/mol. The number of carbonyl (C=O) groups excluding carboxylic acids is 1. The number of hydrogen-bond donors (Lipinski definition) is 1. The Morgan fingerprint density at radius 1 is 1.47 bits per heavy atom. The molecule has 6 heteroatoms. The van der Waals surface area contributed by atoms with Gasteiger partial charge in [-0.15, -0.1) is 0 Å². The number of methoxy groups -OCH3 is 1. The van der Waals surface area contributed by atoms with Gasteiger partial charge >= 0.3 is 5.97 Å². The lowest BCUT2D eigenvalue weighted by atomic mass is 10.2. The number of hydrogen-bond acceptors (Lipinski definition) is 5. The standard InChI is InChI=1S/C9H8N4O2/c1-15-9(14)7-6(3-2-4-10-7)8-11-5-12-13-8/h2-5H,1H3,(H,11,12,13). The lowest BCUT2D eigenvalue weighted by Crippen LogP contribution is -2.06. The maximum Gasteiger partial charge on any atom is 0.357 e. The molecule has 1 N–H and O–H groups in total. The molecule has 0 aliphatic carbocycles. The third-order valence-corrected chi connectivity index (χ3v) is 1.86. The van der Waals surface area contributed by atoms with Crippen LogP contribution in [0.1, 0.15) is 10.5 Å². The SMILES string of the molecule is COC(=O)c1ncccc1-c1ncn[nH]1. The molecule has 0 saturated heterocycles. The van der Waals surface area contributed by atoms with Gasteiger partial charge in [0.15, 0.2) is 11.5 Å². The molecule has 0 aromatic carbocycles. The first-order valence-electron chi connectivity index (χ1n) is 4.22. The van der Waals surface area contributed by atoms with Crippen molar-refractivity contribution in [3.63, 3.8) is 0 Å². The summed E-state index contributed by atoms with van der Waals surface area (Å²) < 4.78 is 4.61. The quantitative estimate of drug-likeness (QED) is 0.726. The van der Waals surface area contributed by atoms with Crippen LogP contribution in [-0.2, 0) is 4.74 Å². The first kappa shape index (κ1) is 9.32. The minimum atomic E-state index is -0.498. The van der Waals surface area contributed by atoms with Gasteiger partial charge in [0.2, 0.25) is 0 Å². The number of aromatic nitrogens is 4. The molecule has 2 aromatic rings. The van der Waals surface area contributed by atoms with Crippen LogP contribution in [0.15, 0.2) is 24.7 Å². The Morgan fingerprint density at radius 3 is 3.00 bits per heavy atom. The molecule has 0 fully saturated rings. The summed E-state index contributed by atoms with van der Waals surface area (Å²) >= 11 is 0. The van der Waals surface area contributed by atoms with E-state index in [9.17, 15) is 4.79 Å². The second-order valence-corrected chi connectivity index (χ2v) is 2.73. The van der Waals surface area contributed by atoms with Crippen molar-refractivity contribution in [1.29, 1.82) is 0 Å². The number of nitrogens with one attached hydrogen (secondary N) is 1. The zero-order chi connectivity index (χ0) is 10.7. The Hall–Kier alpha value is -2.24. The number of ether oxygens (including phenoxy) is 1. The fourth-order valence-electron chi connectivity index (χ4n) is 1.19. The van der Waals surface area contributed by atoms with Gasteiger partial charge in [-0.1, -0.05) is 0 Å². The van der Waals surface area contributed by atoms with Gasteiger partial charge in [-0.05, 0) is 12.1 Å². The maximum atomic E-state index is 11.4. The first-order valence-corrected chi connectivity index (χ1v) is 4.22. The van der Waals surface area contributed by atoms with E-state index in [2.05, 4.69) is 24.9 Å². The van der Waals surface area contributed by atoms with E-state index in [-0.39, 0.29) is 5.69 Å². The summed E-state index contributed by atoms with van der Waals surface area (Å²) in [6, 6.07) is 3.43. The molecular weight excluding hydrogens is 196 g/mol. The number of carbonyl (C=O) groups is 1. The van der Waals surface area contributed by atoms with Crippen molar-refractivity contribution >= 4 is 5.97 Å². The molecule has 0 spiro atoms. The average molecular weight is 204 g/mol. The van der Waals surface area contributed by atoms with Gasteiger partial charge in [-0.2, -0.15) is 5.10 Å². The summed E-state index contributed by atoms with van der Waals surface area (Å²) in [5, 5.41) is 6.37. The molecule has 2 rings (SSSR count). The second kappa shape index (κ2) is 3.87. The van der Waals surface area contributed by atoms with Crippen LogP contribution < -0.4 is 0 Å². The average Bonchev–Trinajstić information content (AvgIpc) is 2.81. The van der Waals surface area contributed by atoms with Gasteiger partial charge < -0.3 is 4.74 Å². The fourth-order valence-corrected chi connectivity index (χ4v) is 1.19. The number of H-pyrrole nitrogens is 1. The largest absolute Gasteiger partial charge is 0.464 e. The summed E-state index contributed by atoms with van der Waals surface area (Å²) in [7, 11) is 1.31. The highest BCUT2D eigenvalue weighted by Crippen LogP contribution is 2.17. The van der Waals surface area contributed by atoms with E-state index in [1.807, 2.05) is 0 Å². The molecule has 0 radical (unpaired) electrons. The van der Waals surface area contributed by atoms with E-state index in [1.54, 1.807) is 12.1 Å². The lowest BCUT2D eigenvalue weighted by Gasteiger charge is -2.02. The molecule has 0 aliphatic heterocycles. The number of rotatable bonds is 2. The number of esters is 1. The molecule has 2 aromatic heterocycles. The normalized spacial score (nSPS) is 9.93. The third-order valence-electron chi connectivity index (χ3n) is 1.86. The fraction of sp³-hybridized carbons (Fsp3) is 0.111. The molecule has 0 saturated carbocycles. The topological polar surface area (TPSA) is 80.8 Å². The van der Waals surface area contributed by atoms with Gasteiger partial charge in [0, 0.05) is 6.20 Å². The smallest absolute Gasteiger partial charge is 0.357 e. The Bertz CT molecular complexity index is 467. The Labute approximate surface area is 85.3 Å². The van der Waals surface area contributed by atoms with Crippen LogP contribution in [-0.4, -0.2) is 33.2 Å². The molecule has 76 valence electrons. The number of nitrogens with zero attached hydrogens (tertiary/aromatic N) is 3. The first-order chi connectivity index (χ1) is 7.33. The molecular formula is C9H8N4O2. The Morgan fingerprint density at radius 2 is 2.33 bits per heavy atom. The summed E-state index contributed by atoms with van der Waals surface area (Å²) in [6.07, 6.45) is 2.88. The van der Waals surface area contributed by atoms with Crippen LogP contribution in [0.4, 0.5) is 0 Å². The van der Waals surface area contributed by atoms with Crippen molar-refractivity contribution in [3.05, 3.63) is 30.4 Å². The molecule has 0 bridgehead atoms. The van der Waals surface area contributed by atoms with Crippen LogP contribution >= 0.6 is 0 Å². The minimum absolute atomic E-state index is 0.219. The van der Waals surface area contributed by atoms with E-state index in [0.29, 0.717) is 11.4 Å². The zero-order valence-electron chi connectivity index (χ0n) is 7.97. The number of aromatic amines is 1. The van der Waals surface area contributed by atoms with Crippen LogP contribution in [0.25, 0.3) is 11.4 Å². The van der Waals surface area contributed by atoms with Gasteiger partial charge in [0.05, 0.1) is 12.7 Å². The second-order valence-electron chi connectivity index (χ2n) is 2.73. The van der Waals surface area contributed by atoms with E-state index < -0.39 is 5.97 Å². The van der Waals surface area contributed by atoms with Crippen LogP contribution in [0.3, 0.4) is 0 Å². The van der Waals surface area contributed by atoms with Crippen molar-refractivity contribution in [3.8, 4) is 11.4 Å². The summed E-state index contributed by atoms with van der Waals surface area (Å²) in [6.45, 7) is 0. The Kier molecular flexibility index (Phi) is 2.40. The predicted molar refractivity (Wildman–Crippen MR) is 51.0 cm³/mol. The lowest BCUT2D eigenvalue weighted by molar-refractivity contribution is 0.0595. The highest BCUT2D eigenvalue weighted by Gasteiger charge is 2.15. The van der Waals surface area contributed by atoms with E-state index in [1.165, 1.54) is 19.6 Å². The van der Waals surface area contributed by atoms with Gasteiger partial charge in [0.25, 0.3) is 0 Å². The van der Waals surface area contributed by atoms with Crippen molar-refractivity contribution in [1.82, 2.24) is 20.2 Å². The highest BCUT2D eigenvalue weighted by molar-refractivity contribution is 5.93. The van der Waals surface area contributed by atoms with Crippen LogP contribution in [0.2, 0.25) is 0 Å². The van der Waals surface area contributed by atoms with E-state index in [0.717, 1.165) is 0 Å². The van der Waals surface area contributed by atoms with Crippen LogP contribution in [0.5, 0.6) is 0 Å². The maximum absolute atomic E-state index is 11.4. The molecule has 0 aliphatic rings. The highest BCUT2D eigenvalue weighted by atomic mass is 16.5. The van der Waals surface area contributed by atoms with Crippen molar-refractivity contribution in [2.24, 2.45) is 0 Å².